The topological polar surface area (TPSA) is 30.0 Å². The molecule has 32 heavy (non-hydrogen) atoms. The second-order valence-corrected chi connectivity index (χ2v) is 18.7. The maximum absolute atomic E-state index is 13.6. The standard InChI is InChI=1S/C26H25BrNOPS2/c1-21-25(32-20-28-21)17-18-31-26(29)19-30(27,22-11-5-2-6-12-22,23-13-7-3-8-14-23)24-15-9-4-10-16-24/h2-16,20H,17-19H2,1H3. The number of hydrogen-bond donors (Lipinski definition) is 0. The molecular weight excluding hydrogens is 517 g/mol. The molecule has 4 rings (SSSR count). The fourth-order valence-corrected chi connectivity index (χ4v) is 14.3. The minimum absolute atomic E-state index is 0.207. The van der Waals surface area contributed by atoms with E-state index in [1.54, 1.807) is 11.3 Å². The molecule has 0 bridgehead atoms. The summed E-state index contributed by atoms with van der Waals surface area (Å²) in [7, 11) is 0. The molecule has 0 unspecified atom stereocenters. The Morgan fingerprint density at radius 1 is 0.875 bits per heavy atom. The molecule has 0 N–H and O–H groups in total. The Morgan fingerprint density at radius 2 is 1.34 bits per heavy atom. The summed E-state index contributed by atoms with van der Waals surface area (Å²) in [6.07, 6.45) is 1.29. The third-order valence-corrected chi connectivity index (χ3v) is 17.3. The van der Waals surface area contributed by atoms with Crippen LogP contribution in [0.2, 0.25) is 0 Å². The second-order valence-electron chi connectivity index (χ2n) is 7.68. The number of nitrogens with zero attached hydrogens (tertiary/aromatic N) is 1. The van der Waals surface area contributed by atoms with Crippen molar-refractivity contribution in [2.45, 2.75) is 13.3 Å². The Kier molecular flexibility index (Phi) is 7.31. The Bertz CT molecular complexity index is 1080. The Balaban J connectivity index is 1.75. The van der Waals surface area contributed by atoms with E-state index in [4.69, 9.17) is 0 Å². The predicted molar refractivity (Wildman–Crippen MR) is 147 cm³/mol. The maximum atomic E-state index is 13.6. The first-order chi connectivity index (χ1) is 15.5. The van der Waals surface area contributed by atoms with Crippen LogP contribution in [0.1, 0.15) is 10.6 Å². The van der Waals surface area contributed by atoms with E-state index in [0.29, 0.717) is 6.16 Å². The summed E-state index contributed by atoms with van der Waals surface area (Å²) in [6.45, 7) is 2.03. The van der Waals surface area contributed by atoms with Crippen LogP contribution < -0.4 is 15.9 Å². The average molecular weight is 543 g/mol. The number of aryl methyl sites for hydroxylation is 2. The number of carbonyl (C=O) groups is 1. The van der Waals surface area contributed by atoms with E-state index in [2.05, 4.69) is 93.3 Å². The first-order valence-electron chi connectivity index (χ1n) is 10.5. The van der Waals surface area contributed by atoms with Gasteiger partial charge in [0.25, 0.3) is 0 Å². The third kappa shape index (κ3) is 4.49. The van der Waals surface area contributed by atoms with E-state index in [1.807, 2.05) is 30.6 Å². The molecule has 0 aliphatic rings. The van der Waals surface area contributed by atoms with Crippen molar-refractivity contribution >= 4 is 64.9 Å². The van der Waals surface area contributed by atoms with Crippen LogP contribution in [0.25, 0.3) is 0 Å². The molecule has 3 aromatic carbocycles. The van der Waals surface area contributed by atoms with Gasteiger partial charge in [-0.15, -0.1) is 0 Å². The van der Waals surface area contributed by atoms with Gasteiger partial charge < -0.3 is 0 Å². The molecular formula is C26H25BrNOPS2. The van der Waals surface area contributed by atoms with Gasteiger partial charge in [-0.25, -0.2) is 0 Å². The molecule has 0 atom stereocenters. The Hall–Kier alpha value is -1.78. The quantitative estimate of drug-likeness (QED) is 0.253. The van der Waals surface area contributed by atoms with Crippen LogP contribution in [-0.2, 0) is 11.2 Å². The first-order valence-corrected chi connectivity index (χ1v) is 16.8. The number of thiazole rings is 1. The van der Waals surface area contributed by atoms with Crippen molar-refractivity contribution in [3.8, 4) is 0 Å². The van der Waals surface area contributed by atoms with E-state index in [1.165, 1.54) is 32.6 Å². The van der Waals surface area contributed by atoms with E-state index in [-0.39, 0.29) is 5.12 Å². The summed E-state index contributed by atoms with van der Waals surface area (Å²) in [5.41, 5.74) is 2.95. The zero-order valence-electron chi connectivity index (χ0n) is 17.9. The molecule has 0 saturated carbocycles. The fraction of sp³-hybridized carbons (Fsp3) is 0.154. The monoisotopic (exact) mass is 541 g/mol. The van der Waals surface area contributed by atoms with Gasteiger partial charge in [0.1, 0.15) is 0 Å². The van der Waals surface area contributed by atoms with Crippen LogP contribution in [0.5, 0.6) is 0 Å². The molecule has 2 nitrogen and oxygen atoms in total. The van der Waals surface area contributed by atoms with Crippen molar-refractivity contribution in [1.29, 1.82) is 0 Å². The molecule has 164 valence electrons. The van der Waals surface area contributed by atoms with Crippen molar-refractivity contribution in [2.24, 2.45) is 0 Å². The van der Waals surface area contributed by atoms with Gasteiger partial charge in [0.05, 0.1) is 0 Å². The Labute approximate surface area is 206 Å². The van der Waals surface area contributed by atoms with E-state index in [9.17, 15) is 4.79 Å². The van der Waals surface area contributed by atoms with Crippen LogP contribution in [0, 0.1) is 6.92 Å². The van der Waals surface area contributed by atoms with Crippen LogP contribution >= 0.6 is 43.9 Å². The Morgan fingerprint density at radius 3 is 1.75 bits per heavy atom. The van der Waals surface area contributed by atoms with Gasteiger partial charge in [0, 0.05) is 0 Å². The van der Waals surface area contributed by atoms with Crippen molar-refractivity contribution in [1.82, 2.24) is 4.98 Å². The summed E-state index contributed by atoms with van der Waals surface area (Å²) in [5.74, 6) is 0.764. The van der Waals surface area contributed by atoms with E-state index in [0.717, 1.165) is 17.9 Å². The van der Waals surface area contributed by atoms with Crippen LogP contribution in [0.3, 0.4) is 0 Å². The normalized spacial score (nSPS) is 12.8. The molecule has 4 aromatic rings. The van der Waals surface area contributed by atoms with E-state index < -0.39 is 5.31 Å². The van der Waals surface area contributed by atoms with Crippen molar-refractivity contribution in [2.75, 3.05) is 11.9 Å². The number of halogens is 1. The summed E-state index contributed by atoms with van der Waals surface area (Å²) in [6, 6.07) is 31.4. The molecule has 0 aliphatic heterocycles. The van der Waals surface area contributed by atoms with Gasteiger partial charge in [-0.3, -0.25) is 0 Å². The molecule has 0 spiro atoms. The average Bonchev–Trinajstić information content (AvgIpc) is 3.25. The summed E-state index contributed by atoms with van der Waals surface area (Å²) >= 11 is 7.45. The van der Waals surface area contributed by atoms with Crippen molar-refractivity contribution < 1.29 is 4.79 Å². The number of thioether (sulfide) groups is 1. The minimum atomic E-state index is -3.20. The first kappa shape index (κ1) is 23.4. The number of hydrogen-bond acceptors (Lipinski definition) is 4. The third-order valence-electron chi connectivity index (χ3n) is 5.75. The van der Waals surface area contributed by atoms with Crippen LogP contribution in [0.4, 0.5) is 0 Å². The van der Waals surface area contributed by atoms with Gasteiger partial charge >= 0.3 is 207 Å². The molecule has 0 radical (unpaired) electrons. The summed E-state index contributed by atoms with van der Waals surface area (Å²) in [5, 5.41) is 0.517. The predicted octanol–water partition coefficient (Wildman–Crippen LogP) is 6.09. The van der Waals surface area contributed by atoms with Crippen LogP contribution in [0.15, 0.2) is 96.5 Å². The van der Waals surface area contributed by atoms with Gasteiger partial charge in [-0.05, 0) is 0 Å². The van der Waals surface area contributed by atoms with Crippen molar-refractivity contribution in [3.63, 3.8) is 0 Å². The molecule has 0 saturated heterocycles. The van der Waals surface area contributed by atoms with Gasteiger partial charge in [-0.1, -0.05) is 0 Å². The van der Waals surface area contributed by atoms with Crippen LogP contribution in [-0.4, -0.2) is 22.0 Å². The SMILES string of the molecule is Cc1ncsc1CCSC(=O)CP(Br)(c1ccccc1)(c1ccccc1)c1ccccc1. The zero-order chi connectivity index (χ0) is 22.5. The van der Waals surface area contributed by atoms with Gasteiger partial charge in [0.15, 0.2) is 0 Å². The number of carbonyl (C=O) groups excluding carboxylic acids is 1. The molecule has 0 amide bonds. The summed E-state index contributed by atoms with van der Waals surface area (Å²) in [4.78, 5) is 19.1. The number of aromatic nitrogens is 1. The second kappa shape index (κ2) is 10.0. The summed E-state index contributed by atoms with van der Waals surface area (Å²) < 4.78 is 0. The zero-order valence-corrected chi connectivity index (χ0v) is 22.0. The van der Waals surface area contributed by atoms with Crippen molar-refractivity contribution in [3.05, 3.63) is 107 Å². The molecule has 6 heteroatoms. The number of benzene rings is 3. The molecule has 1 heterocycles. The molecule has 0 aliphatic carbocycles. The molecule has 0 fully saturated rings. The fourth-order valence-electron chi connectivity index (χ4n) is 4.05. The molecule has 1 aromatic heterocycles. The van der Waals surface area contributed by atoms with Gasteiger partial charge in [-0.2, -0.15) is 0 Å². The van der Waals surface area contributed by atoms with Gasteiger partial charge in [0.2, 0.25) is 0 Å². The van der Waals surface area contributed by atoms with E-state index >= 15 is 0 Å². The number of rotatable bonds is 8.